The highest BCUT2D eigenvalue weighted by atomic mass is 16.4. The van der Waals surface area contributed by atoms with E-state index in [1.165, 1.54) is 6.42 Å². The minimum atomic E-state index is -0.723. The van der Waals surface area contributed by atoms with Gasteiger partial charge in [-0.3, -0.25) is 4.79 Å². The summed E-state index contributed by atoms with van der Waals surface area (Å²) in [5.74, 6) is -0.723. The van der Waals surface area contributed by atoms with Crippen molar-refractivity contribution in [3.05, 3.63) is 0 Å². The molecule has 0 bridgehead atoms. The largest absolute Gasteiger partial charge is 0.481 e. The van der Waals surface area contributed by atoms with Gasteiger partial charge < -0.3 is 15.7 Å². The van der Waals surface area contributed by atoms with Gasteiger partial charge >= 0.3 is 5.97 Å². The van der Waals surface area contributed by atoms with Crippen molar-refractivity contribution in [2.24, 2.45) is 0 Å². The topological polar surface area (TPSA) is 61.4 Å². The lowest BCUT2D eigenvalue weighted by atomic mass is 10.1. The van der Waals surface area contributed by atoms with Crippen LogP contribution in [0, 0.1) is 0 Å². The number of hydrogen-bond donors (Lipinski definition) is 3. The Kier molecular flexibility index (Phi) is 4.78. The minimum absolute atomic E-state index is 0.226. The van der Waals surface area contributed by atoms with Gasteiger partial charge in [0.05, 0.1) is 6.42 Å². The molecular weight excluding hydrogens is 168 g/mol. The van der Waals surface area contributed by atoms with Gasteiger partial charge in [-0.1, -0.05) is 0 Å². The summed E-state index contributed by atoms with van der Waals surface area (Å²) >= 11 is 0. The molecular formula is C9H18N2O2. The lowest BCUT2D eigenvalue weighted by Gasteiger charge is -2.14. The highest BCUT2D eigenvalue weighted by molar-refractivity contribution is 5.66. The maximum Gasteiger partial charge on any atom is 0.304 e. The fourth-order valence-corrected chi connectivity index (χ4v) is 1.61. The molecule has 0 aromatic heterocycles. The van der Waals surface area contributed by atoms with Crippen LogP contribution in [0.4, 0.5) is 0 Å². The second kappa shape index (κ2) is 5.94. The number of aliphatic carboxylic acids is 1. The summed E-state index contributed by atoms with van der Waals surface area (Å²) in [6, 6.07) is 0.509. The highest BCUT2D eigenvalue weighted by Gasteiger charge is 2.10. The Morgan fingerprint density at radius 1 is 1.46 bits per heavy atom. The smallest absolute Gasteiger partial charge is 0.304 e. The predicted molar refractivity (Wildman–Crippen MR) is 50.8 cm³/mol. The fourth-order valence-electron chi connectivity index (χ4n) is 1.61. The molecule has 1 aliphatic heterocycles. The maximum absolute atomic E-state index is 10.3. The van der Waals surface area contributed by atoms with Crippen LogP contribution in [0.2, 0.25) is 0 Å². The predicted octanol–water partition coefficient (Wildman–Crippen LogP) is 0.193. The van der Waals surface area contributed by atoms with Gasteiger partial charge in [0.1, 0.15) is 0 Å². The van der Waals surface area contributed by atoms with Gasteiger partial charge in [-0.05, 0) is 32.4 Å². The first-order valence-electron chi connectivity index (χ1n) is 4.95. The van der Waals surface area contributed by atoms with Crippen molar-refractivity contribution in [2.45, 2.75) is 31.7 Å². The molecule has 1 unspecified atom stereocenters. The van der Waals surface area contributed by atoms with Crippen LogP contribution in [0.5, 0.6) is 0 Å². The van der Waals surface area contributed by atoms with Crippen molar-refractivity contribution in [3.63, 3.8) is 0 Å². The quantitative estimate of drug-likeness (QED) is 0.586. The normalized spacial score (nSPS) is 23.8. The van der Waals surface area contributed by atoms with Crippen molar-refractivity contribution >= 4 is 5.97 Å². The zero-order chi connectivity index (χ0) is 9.52. The monoisotopic (exact) mass is 186 g/mol. The third-order valence-corrected chi connectivity index (χ3v) is 2.35. The van der Waals surface area contributed by atoms with Crippen molar-refractivity contribution in [2.75, 3.05) is 19.6 Å². The second-order valence-corrected chi connectivity index (χ2v) is 3.48. The Balaban J connectivity index is 2.08. The van der Waals surface area contributed by atoms with Crippen LogP contribution in [0.3, 0.4) is 0 Å². The first kappa shape index (κ1) is 10.5. The van der Waals surface area contributed by atoms with E-state index in [4.69, 9.17) is 5.11 Å². The summed E-state index contributed by atoms with van der Waals surface area (Å²) in [4.78, 5) is 10.3. The lowest BCUT2D eigenvalue weighted by Crippen LogP contribution is -2.31. The molecule has 4 heteroatoms. The van der Waals surface area contributed by atoms with E-state index in [0.717, 1.165) is 25.9 Å². The third-order valence-electron chi connectivity index (χ3n) is 2.35. The molecule has 1 fully saturated rings. The van der Waals surface area contributed by atoms with Crippen LogP contribution in [0.15, 0.2) is 0 Å². The van der Waals surface area contributed by atoms with Gasteiger partial charge in [0.2, 0.25) is 0 Å². The number of rotatable bonds is 4. The summed E-state index contributed by atoms with van der Waals surface area (Å²) < 4.78 is 0. The summed E-state index contributed by atoms with van der Waals surface area (Å²) in [6.45, 7) is 2.74. The van der Waals surface area contributed by atoms with Gasteiger partial charge in [0.15, 0.2) is 0 Å². The van der Waals surface area contributed by atoms with Gasteiger partial charge in [-0.2, -0.15) is 0 Å². The summed E-state index contributed by atoms with van der Waals surface area (Å²) in [7, 11) is 0. The van der Waals surface area contributed by atoms with E-state index >= 15 is 0 Å². The Labute approximate surface area is 78.7 Å². The highest BCUT2D eigenvalue weighted by Crippen LogP contribution is 2.04. The van der Waals surface area contributed by atoms with E-state index in [9.17, 15) is 4.79 Å². The standard InChI is InChI=1S/C9H18N2O2/c12-9(13)4-7-11-8-2-1-5-10-6-3-8/h8,10-11H,1-7H2,(H,12,13). The number of hydrogen-bond acceptors (Lipinski definition) is 3. The van der Waals surface area contributed by atoms with Crippen molar-refractivity contribution in [3.8, 4) is 0 Å². The average molecular weight is 186 g/mol. The minimum Gasteiger partial charge on any atom is -0.481 e. The van der Waals surface area contributed by atoms with Crippen LogP contribution >= 0.6 is 0 Å². The van der Waals surface area contributed by atoms with Crippen LogP contribution in [0.1, 0.15) is 25.7 Å². The number of carbonyl (C=O) groups is 1. The Morgan fingerprint density at radius 2 is 2.31 bits per heavy atom. The van der Waals surface area contributed by atoms with Crippen molar-refractivity contribution in [1.82, 2.24) is 10.6 Å². The molecule has 0 aliphatic carbocycles. The second-order valence-electron chi connectivity index (χ2n) is 3.48. The molecule has 0 spiro atoms. The average Bonchev–Trinajstić information content (AvgIpc) is 2.32. The van der Waals surface area contributed by atoms with E-state index in [0.29, 0.717) is 12.6 Å². The number of nitrogens with one attached hydrogen (secondary N) is 2. The molecule has 1 atom stereocenters. The Morgan fingerprint density at radius 3 is 3.08 bits per heavy atom. The van der Waals surface area contributed by atoms with Crippen molar-refractivity contribution in [1.29, 1.82) is 0 Å². The van der Waals surface area contributed by atoms with Crippen LogP contribution < -0.4 is 10.6 Å². The third kappa shape index (κ3) is 4.85. The lowest BCUT2D eigenvalue weighted by molar-refractivity contribution is -0.136. The van der Waals surface area contributed by atoms with E-state index in [-0.39, 0.29) is 6.42 Å². The molecule has 0 radical (unpaired) electrons. The zero-order valence-electron chi connectivity index (χ0n) is 7.88. The van der Waals surface area contributed by atoms with E-state index in [1.807, 2.05) is 0 Å². The summed E-state index contributed by atoms with van der Waals surface area (Å²) in [5, 5.41) is 15.0. The van der Waals surface area contributed by atoms with E-state index < -0.39 is 5.97 Å². The van der Waals surface area contributed by atoms with E-state index in [1.54, 1.807) is 0 Å². The molecule has 1 aliphatic rings. The Bertz CT molecular complexity index is 154. The SMILES string of the molecule is O=C(O)CCNC1CCCNCC1. The van der Waals surface area contributed by atoms with Crippen LogP contribution in [-0.2, 0) is 4.79 Å². The van der Waals surface area contributed by atoms with Gasteiger partial charge in [-0.25, -0.2) is 0 Å². The van der Waals surface area contributed by atoms with Gasteiger partial charge in [0, 0.05) is 12.6 Å². The zero-order valence-corrected chi connectivity index (χ0v) is 7.88. The fraction of sp³-hybridized carbons (Fsp3) is 0.889. The molecule has 0 aromatic carbocycles. The molecule has 76 valence electrons. The van der Waals surface area contributed by atoms with Crippen molar-refractivity contribution < 1.29 is 9.90 Å². The molecule has 4 nitrogen and oxygen atoms in total. The summed E-state index contributed by atoms with van der Waals surface area (Å²) in [6.07, 6.45) is 3.68. The van der Waals surface area contributed by atoms with E-state index in [2.05, 4.69) is 10.6 Å². The Hall–Kier alpha value is -0.610. The van der Waals surface area contributed by atoms with Gasteiger partial charge in [0.25, 0.3) is 0 Å². The molecule has 1 heterocycles. The van der Waals surface area contributed by atoms with Crippen LogP contribution in [-0.4, -0.2) is 36.8 Å². The molecule has 3 N–H and O–H groups in total. The van der Waals surface area contributed by atoms with Crippen LogP contribution in [0.25, 0.3) is 0 Å². The number of carboxylic acid groups (broad SMARTS) is 1. The molecule has 1 rings (SSSR count). The molecule has 1 saturated heterocycles. The molecule has 0 amide bonds. The molecule has 0 saturated carbocycles. The van der Waals surface area contributed by atoms with Gasteiger partial charge in [-0.15, -0.1) is 0 Å². The first-order valence-corrected chi connectivity index (χ1v) is 4.95. The number of carboxylic acids is 1. The molecule has 13 heavy (non-hydrogen) atoms. The molecule has 0 aromatic rings. The maximum atomic E-state index is 10.3. The first-order chi connectivity index (χ1) is 6.29. The summed E-state index contributed by atoms with van der Waals surface area (Å²) in [5.41, 5.74) is 0.